The van der Waals surface area contributed by atoms with E-state index >= 15 is 0 Å². The van der Waals surface area contributed by atoms with Crippen LogP contribution in [0.2, 0.25) is 0 Å². The van der Waals surface area contributed by atoms with Gasteiger partial charge in [0.15, 0.2) is 5.96 Å². The van der Waals surface area contributed by atoms with Crippen molar-refractivity contribution in [3.63, 3.8) is 0 Å². The molecule has 0 aliphatic carbocycles. The van der Waals surface area contributed by atoms with Gasteiger partial charge in [-0.2, -0.15) is 0 Å². The fourth-order valence-electron chi connectivity index (χ4n) is 2.12. The number of nitrogens with zero attached hydrogens (tertiary/aromatic N) is 3. The molecule has 2 heterocycles. The van der Waals surface area contributed by atoms with Crippen LogP contribution in [0.25, 0.3) is 0 Å². The first-order valence-corrected chi connectivity index (χ1v) is 8.92. The SMILES string of the molecule is CCC(C)NC(=NCCc1ccco1)N(C)Cc1csc(C)n1.I. The van der Waals surface area contributed by atoms with E-state index in [1.165, 1.54) is 0 Å². The zero-order valence-corrected chi connectivity index (χ0v) is 17.9. The smallest absolute Gasteiger partial charge is 0.194 e. The van der Waals surface area contributed by atoms with E-state index in [1.54, 1.807) is 17.6 Å². The molecule has 2 rings (SSSR count). The Morgan fingerprint density at radius 1 is 1.50 bits per heavy atom. The largest absolute Gasteiger partial charge is 0.469 e. The van der Waals surface area contributed by atoms with E-state index in [2.05, 4.69) is 41.5 Å². The molecule has 0 fully saturated rings. The van der Waals surface area contributed by atoms with E-state index in [1.807, 2.05) is 19.1 Å². The second kappa shape index (κ2) is 10.7. The predicted octanol–water partition coefficient (Wildman–Crippen LogP) is 4.08. The van der Waals surface area contributed by atoms with Crippen molar-refractivity contribution in [1.82, 2.24) is 15.2 Å². The molecular formula is C17H27IN4OS. The quantitative estimate of drug-likeness (QED) is 0.383. The summed E-state index contributed by atoms with van der Waals surface area (Å²) in [6.07, 6.45) is 3.57. The summed E-state index contributed by atoms with van der Waals surface area (Å²) in [6, 6.07) is 4.28. The predicted molar refractivity (Wildman–Crippen MR) is 111 cm³/mol. The van der Waals surface area contributed by atoms with E-state index in [-0.39, 0.29) is 24.0 Å². The lowest BCUT2D eigenvalue weighted by atomic mass is 10.3. The highest BCUT2D eigenvalue weighted by Crippen LogP contribution is 2.10. The van der Waals surface area contributed by atoms with Gasteiger partial charge >= 0.3 is 0 Å². The first kappa shape index (κ1) is 21.0. The Morgan fingerprint density at radius 3 is 2.88 bits per heavy atom. The number of halogens is 1. The number of thiazole rings is 1. The molecule has 1 N–H and O–H groups in total. The molecule has 0 spiro atoms. The Morgan fingerprint density at radius 2 is 2.29 bits per heavy atom. The molecule has 7 heteroatoms. The highest BCUT2D eigenvalue weighted by molar-refractivity contribution is 14.0. The number of nitrogens with one attached hydrogen (secondary N) is 1. The Bertz CT molecular complexity index is 612. The highest BCUT2D eigenvalue weighted by atomic mass is 127. The van der Waals surface area contributed by atoms with Crippen LogP contribution in [0.5, 0.6) is 0 Å². The highest BCUT2D eigenvalue weighted by Gasteiger charge is 2.11. The van der Waals surface area contributed by atoms with Crippen molar-refractivity contribution in [1.29, 1.82) is 0 Å². The summed E-state index contributed by atoms with van der Waals surface area (Å²) in [5.41, 5.74) is 1.08. The van der Waals surface area contributed by atoms with E-state index in [9.17, 15) is 0 Å². The monoisotopic (exact) mass is 462 g/mol. The Labute approximate surface area is 165 Å². The molecule has 24 heavy (non-hydrogen) atoms. The number of furan rings is 1. The van der Waals surface area contributed by atoms with Gasteiger partial charge in [-0.3, -0.25) is 4.99 Å². The van der Waals surface area contributed by atoms with Gasteiger partial charge in [-0.15, -0.1) is 35.3 Å². The molecule has 1 atom stereocenters. The molecule has 0 saturated heterocycles. The third-order valence-electron chi connectivity index (χ3n) is 3.62. The Kier molecular flexibility index (Phi) is 9.35. The summed E-state index contributed by atoms with van der Waals surface area (Å²) in [6.45, 7) is 7.83. The van der Waals surface area contributed by atoms with E-state index in [0.717, 1.165) is 41.8 Å². The van der Waals surface area contributed by atoms with Crippen LogP contribution in [0.1, 0.15) is 36.7 Å². The van der Waals surface area contributed by atoms with Crippen LogP contribution in [0.4, 0.5) is 0 Å². The minimum atomic E-state index is 0. The number of aryl methyl sites for hydroxylation is 1. The van der Waals surface area contributed by atoms with Crippen LogP contribution < -0.4 is 5.32 Å². The second-order valence-electron chi connectivity index (χ2n) is 5.70. The fraction of sp³-hybridized carbons (Fsp3) is 0.529. The molecule has 134 valence electrons. The standard InChI is InChI=1S/C17H26N4OS.HI/c1-5-13(2)19-17(18-9-8-16-7-6-10-22-16)21(4)11-15-12-23-14(3)20-15;/h6-7,10,12-13H,5,8-9,11H2,1-4H3,(H,18,19);1H. The molecule has 2 aromatic rings. The number of guanidine groups is 1. The van der Waals surface area contributed by atoms with Gasteiger partial charge in [0.1, 0.15) is 5.76 Å². The molecular weight excluding hydrogens is 435 g/mol. The third-order valence-corrected chi connectivity index (χ3v) is 4.44. The Hall–Kier alpha value is -1.09. The normalized spacial score (nSPS) is 12.6. The Balaban J connectivity index is 0.00000288. The maximum atomic E-state index is 5.36. The van der Waals surface area contributed by atoms with Gasteiger partial charge in [-0.1, -0.05) is 6.92 Å². The molecule has 2 aromatic heterocycles. The van der Waals surface area contributed by atoms with Crippen LogP contribution in [0.3, 0.4) is 0 Å². The van der Waals surface area contributed by atoms with Crippen molar-refractivity contribution < 1.29 is 4.42 Å². The minimum Gasteiger partial charge on any atom is -0.469 e. The van der Waals surface area contributed by atoms with Crippen molar-refractivity contribution in [2.24, 2.45) is 4.99 Å². The number of aromatic nitrogens is 1. The van der Waals surface area contributed by atoms with Gasteiger partial charge < -0.3 is 14.6 Å². The van der Waals surface area contributed by atoms with Crippen LogP contribution in [0, 0.1) is 6.92 Å². The molecule has 0 radical (unpaired) electrons. The lowest BCUT2D eigenvalue weighted by molar-refractivity contribution is 0.453. The summed E-state index contributed by atoms with van der Waals surface area (Å²) >= 11 is 1.68. The van der Waals surface area contributed by atoms with Crippen LogP contribution in [0.15, 0.2) is 33.2 Å². The summed E-state index contributed by atoms with van der Waals surface area (Å²) in [5, 5.41) is 6.70. The molecule has 0 bridgehead atoms. The molecule has 0 amide bonds. The van der Waals surface area contributed by atoms with Crippen molar-refractivity contribution >= 4 is 41.3 Å². The van der Waals surface area contributed by atoms with Crippen LogP contribution in [-0.4, -0.2) is 35.5 Å². The maximum Gasteiger partial charge on any atom is 0.194 e. The topological polar surface area (TPSA) is 53.7 Å². The molecule has 0 saturated carbocycles. The van der Waals surface area contributed by atoms with E-state index < -0.39 is 0 Å². The summed E-state index contributed by atoms with van der Waals surface area (Å²) in [4.78, 5) is 11.4. The lowest BCUT2D eigenvalue weighted by Crippen LogP contribution is -2.43. The molecule has 0 aromatic carbocycles. The third kappa shape index (κ3) is 6.80. The number of aliphatic imine (C=N–C) groups is 1. The van der Waals surface area contributed by atoms with Crippen LogP contribution in [-0.2, 0) is 13.0 Å². The van der Waals surface area contributed by atoms with Crippen molar-refractivity contribution in [2.45, 2.75) is 46.2 Å². The average molecular weight is 462 g/mol. The maximum absolute atomic E-state index is 5.36. The zero-order chi connectivity index (χ0) is 16.7. The van der Waals surface area contributed by atoms with Gasteiger partial charge in [-0.05, 0) is 32.4 Å². The van der Waals surface area contributed by atoms with Crippen LogP contribution >= 0.6 is 35.3 Å². The molecule has 0 aliphatic heterocycles. The average Bonchev–Trinajstić information content (AvgIpc) is 3.17. The van der Waals surface area contributed by atoms with Crippen molar-refractivity contribution in [3.8, 4) is 0 Å². The summed E-state index contributed by atoms with van der Waals surface area (Å²) in [5.74, 6) is 1.88. The summed E-state index contributed by atoms with van der Waals surface area (Å²) in [7, 11) is 2.05. The molecule has 0 aliphatic rings. The minimum absolute atomic E-state index is 0. The van der Waals surface area contributed by atoms with Gasteiger partial charge in [0.2, 0.25) is 0 Å². The zero-order valence-electron chi connectivity index (χ0n) is 14.8. The van der Waals surface area contributed by atoms with Gasteiger partial charge in [0, 0.05) is 31.4 Å². The number of hydrogen-bond donors (Lipinski definition) is 1. The lowest BCUT2D eigenvalue weighted by Gasteiger charge is -2.24. The summed E-state index contributed by atoms with van der Waals surface area (Å²) < 4.78 is 5.36. The van der Waals surface area contributed by atoms with Gasteiger partial charge in [-0.25, -0.2) is 4.98 Å². The fourth-order valence-corrected chi connectivity index (χ4v) is 2.73. The van der Waals surface area contributed by atoms with Crippen molar-refractivity contribution in [3.05, 3.63) is 40.2 Å². The first-order chi connectivity index (χ1) is 11.1. The second-order valence-corrected chi connectivity index (χ2v) is 6.76. The van der Waals surface area contributed by atoms with Crippen molar-refractivity contribution in [2.75, 3.05) is 13.6 Å². The molecule has 5 nitrogen and oxygen atoms in total. The number of rotatable bonds is 7. The van der Waals surface area contributed by atoms with Gasteiger partial charge in [0.05, 0.1) is 23.5 Å². The van der Waals surface area contributed by atoms with E-state index in [4.69, 9.17) is 9.41 Å². The first-order valence-electron chi connectivity index (χ1n) is 8.04. The number of hydrogen-bond acceptors (Lipinski definition) is 4. The van der Waals surface area contributed by atoms with E-state index in [0.29, 0.717) is 12.6 Å². The molecule has 1 unspecified atom stereocenters. The van der Waals surface area contributed by atoms with Gasteiger partial charge in [0.25, 0.3) is 0 Å².